The Morgan fingerprint density at radius 1 is 1.50 bits per heavy atom. The second-order valence-corrected chi connectivity index (χ2v) is 5.84. The van der Waals surface area contributed by atoms with Gasteiger partial charge in [-0.2, -0.15) is 5.10 Å². The minimum atomic E-state index is 0.203. The third kappa shape index (κ3) is 3.23. The van der Waals surface area contributed by atoms with Gasteiger partial charge in [0.2, 0.25) is 0 Å². The van der Waals surface area contributed by atoms with E-state index in [4.69, 9.17) is 9.15 Å². The largest absolute Gasteiger partial charge is 0.464 e. The highest BCUT2D eigenvalue weighted by Gasteiger charge is 2.23. The van der Waals surface area contributed by atoms with E-state index in [1.165, 1.54) is 0 Å². The highest BCUT2D eigenvalue weighted by Crippen LogP contribution is 2.20. The van der Waals surface area contributed by atoms with Gasteiger partial charge in [-0.25, -0.2) is 9.67 Å². The summed E-state index contributed by atoms with van der Waals surface area (Å²) in [7, 11) is 1.67. The van der Waals surface area contributed by atoms with E-state index in [-0.39, 0.29) is 6.04 Å². The maximum atomic E-state index is 5.83. The summed E-state index contributed by atoms with van der Waals surface area (Å²) in [6.07, 6.45) is 2.94. The zero-order chi connectivity index (χ0) is 15.5. The van der Waals surface area contributed by atoms with Gasteiger partial charge in [0.25, 0.3) is 0 Å². The molecule has 0 aliphatic carbocycles. The van der Waals surface area contributed by atoms with E-state index in [1.54, 1.807) is 7.11 Å². The molecule has 0 fully saturated rings. The predicted octanol–water partition coefficient (Wildman–Crippen LogP) is 2.25. The van der Waals surface area contributed by atoms with Crippen molar-refractivity contribution >= 4 is 0 Å². The van der Waals surface area contributed by atoms with E-state index in [9.17, 15) is 0 Å². The number of nitrogens with one attached hydrogen (secondary N) is 1. The summed E-state index contributed by atoms with van der Waals surface area (Å²) in [5.41, 5.74) is 0. The van der Waals surface area contributed by atoms with E-state index in [0.717, 1.165) is 49.0 Å². The van der Waals surface area contributed by atoms with Gasteiger partial charge in [0, 0.05) is 26.0 Å². The Morgan fingerprint density at radius 3 is 3.09 bits per heavy atom. The number of aromatic nitrogens is 3. The van der Waals surface area contributed by atoms with Crippen molar-refractivity contribution in [3.05, 3.63) is 35.3 Å². The molecule has 0 bridgehead atoms. The number of hydrogen-bond acceptors (Lipinski definition) is 5. The van der Waals surface area contributed by atoms with E-state index >= 15 is 0 Å². The van der Waals surface area contributed by atoms with Crippen LogP contribution in [0.15, 0.2) is 16.5 Å². The van der Waals surface area contributed by atoms with Gasteiger partial charge in [0.05, 0.1) is 12.6 Å². The van der Waals surface area contributed by atoms with E-state index in [1.807, 2.05) is 4.68 Å². The van der Waals surface area contributed by atoms with Crippen molar-refractivity contribution in [2.24, 2.45) is 0 Å². The van der Waals surface area contributed by atoms with Crippen LogP contribution >= 0.6 is 0 Å². The first-order chi connectivity index (χ1) is 10.7. The molecule has 120 valence electrons. The molecule has 22 heavy (non-hydrogen) atoms. The summed E-state index contributed by atoms with van der Waals surface area (Å²) >= 11 is 0. The smallest absolute Gasteiger partial charge is 0.176 e. The fourth-order valence-corrected chi connectivity index (χ4v) is 2.94. The molecule has 2 unspecified atom stereocenters. The predicted molar refractivity (Wildman–Crippen MR) is 82.5 cm³/mol. The van der Waals surface area contributed by atoms with Gasteiger partial charge in [-0.3, -0.25) is 0 Å². The van der Waals surface area contributed by atoms with Crippen LogP contribution in [-0.2, 0) is 30.7 Å². The van der Waals surface area contributed by atoms with Crippen LogP contribution < -0.4 is 5.32 Å². The van der Waals surface area contributed by atoms with Crippen LogP contribution in [0.25, 0.3) is 0 Å². The molecule has 2 atom stereocenters. The van der Waals surface area contributed by atoms with Crippen molar-refractivity contribution in [3.63, 3.8) is 0 Å². The normalized spacial score (nSPS) is 19.1. The summed E-state index contributed by atoms with van der Waals surface area (Å²) in [5, 5.41) is 8.15. The molecule has 0 saturated heterocycles. The van der Waals surface area contributed by atoms with Crippen molar-refractivity contribution < 1.29 is 9.15 Å². The maximum absolute atomic E-state index is 5.83. The molecule has 0 saturated carbocycles. The average molecular weight is 304 g/mol. The van der Waals surface area contributed by atoms with Crippen LogP contribution in [0.5, 0.6) is 0 Å². The average Bonchev–Trinajstić information content (AvgIpc) is 3.13. The number of aryl methyl sites for hydroxylation is 2. The minimum absolute atomic E-state index is 0.203. The van der Waals surface area contributed by atoms with Crippen LogP contribution in [0.1, 0.15) is 49.5 Å². The quantitative estimate of drug-likeness (QED) is 0.886. The van der Waals surface area contributed by atoms with Gasteiger partial charge in [-0.05, 0) is 25.5 Å². The number of methoxy groups -OCH3 is 1. The molecule has 1 N–H and O–H groups in total. The Morgan fingerprint density at radius 2 is 2.36 bits per heavy atom. The van der Waals surface area contributed by atoms with Crippen LogP contribution in [0.4, 0.5) is 0 Å². The molecule has 2 aromatic rings. The number of ether oxygens (including phenoxy) is 1. The van der Waals surface area contributed by atoms with Crippen LogP contribution in [0, 0.1) is 0 Å². The zero-order valence-electron chi connectivity index (χ0n) is 13.5. The van der Waals surface area contributed by atoms with Crippen LogP contribution in [-0.4, -0.2) is 27.9 Å². The van der Waals surface area contributed by atoms with Gasteiger partial charge < -0.3 is 14.5 Å². The minimum Gasteiger partial charge on any atom is -0.464 e. The van der Waals surface area contributed by atoms with Crippen molar-refractivity contribution in [1.29, 1.82) is 0 Å². The van der Waals surface area contributed by atoms with Gasteiger partial charge in [0.1, 0.15) is 24.0 Å². The molecular weight excluding hydrogens is 280 g/mol. The Labute approximate surface area is 130 Å². The first-order valence-electron chi connectivity index (χ1n) is 7.95. The van der Waals surface area contributed by atoms with Gasteiger partial charge >= 0.3 is 0 Å². The monoisotopic (exact) mass is 304 g/mol. The third-order valence-corrected chi connectivity index (χ3v) is 4.12. The first-order valence-corrected chi connectivity index (χ1v) is 7.95. The molecule has 0 amide bonds. The summed E-state index contributed by atoms with van der Waals surface area (Å²) < 4.78 is 12.9. The Hall–Kier alpha value is -1.66. The lowest BCUT2D eigenvalue weighted by Crippen LogP contribution is -2.39. The standard InChI is InChI=1S/C16H24N4O2/c1-4-13-6-7-14(22-13)11(2)17-12-5-8-16-18-15(10-21-3)19-20(16)9-12/h6-7,11-12,17H,4-5,8-10H2,1-3H3. The number of furan rings is 1. The van der Waals surface area contributed by atoms with Crippen molar-refractivity contribution in [2.45, 2.75) is 58.3 Å². The lowest BCUT2D eigenvalue weighted by Gasteiger charge is -2.26. The van der Waals surface area contributed by atoms with Crippen molar-refractivity contribution in [1.82, 2.24) is 20.1 Å². The second-order valence-electron chi connectivity index (χ2n) is 5.84. The summed E-state index contributed by atoms with van der Waals surface area (Å²) in [6.45, 7) is 5.57. The highest BCUT2D eigenvalue weighted by atomic mass is 16.5. The number of fused-ring (bicyclic) bond motifs is 1. The number of nitrogens with zero attached hydrogens (tertiary/aromatic N) is 3. The molecule has 2 aromatic heterocycles. The fourth-order valence-electron chi connectivity index (χ4n) is 2.94. The third-order valence-electron chi connectivity index (χ3n) is 4.12. The topological polar surface area (TPSA) is 65.1 Å². The Kier molecular flexibility index (Phi) is 4.59. The highest BCUT2D eigenvalue weighted by molar-refractivity contribution is 5.10. The molecule has 6 nitrogen and oxygen atoms in total. The van der Waals surface area contributed by atoms with E-state index < -0.39 is 0 Å². The lowest BCUT2D eigenvalue weighted by molar-refractivity contribution is 0.177. The molecule has 0 aromatic carbocycles. The number of hydrogen-bond donors (Lipinski definition) is 1. The molecular formula is C16H24N4O2. The van der Waals surface area contributed by atoms with Crippen LogP contribution in [0.2, 0.25) is 0 Å². The summed E-state index contributed by atoms with van der Waals surface area (Å²) in [6, 6.07) is 4.71. The summed E-state index contributed by atoms with van der Waals surface area (Å²) in [4.78, 5) is 4.51. The SMILES string of the molecule is CCc1ccc(C(C)NC2CCc3nc(COC)nn3C2)o1. The molecule has 1 aliphatic rings. The first kappa shape index (κ1) is 15.2. The van der Waals surface area contributed by atoms with Gasteiger partial charge in [0.15, 0.2) is 5.82 Å². The Balaban J connectivity index is 1.61. The molecule has 3 heterocycles. The van der Waals surface area contributed by atoms with Crippen molar-refractivity contribution in [2.75, 3.05) is 7.11 Å². The summed E-state index contributed by atoms with van der Waals surface area (Å²) in [5.74, 6) is 3.87. The van der Waals surface area contributed by atoms with Gasteiger partial charge in [-0.1, -0.05) is 6.92 Å². The lowest BCUT2D eigenvalue weighted by atomic mass is 10.1. The number of rotatable bonds is 6. The van der Waals surface area contributed by atoms with Gasteiger partial charge in [-0.15, -0.1) is 0 Å². The molecule has 0 radical (unpaired) electrons. The molecule has 0 spiro atoms. The van der Waals surface area contributed by atoms with E-state index in [0.29, 0.717) is 12.6 Å². The Bertz CT molecular complexity index is 619. The maximum Gasteiger partial charge on any atom is 0.176 e. The zero-order valence-corrected chi connectivity index (χ0v) is 13.5. The van der Waals surface area contributed by atoms with Crippen molar-refractivity contribution in [3.8, 4) is 0 Å². The molecule has 1 aliphatic heterocycles. The van der Waals surface area contributed by atoms with Crippen LogP contribution in [0.3, 0.4) is 0 Å². The van der Waals surface area contributed by atoms with E-state index in [2.05, 4.69) is 41.4 Å². The molecule has 3 rings (SSSR count). The molecule has 6 heteroatoms. The second kappa shape index (κ2) is 6.62. The fraction of sp³-hybridized carbons (Fsp3) is 0.625.